The summed E-state index contributed by atoms with van der Waals surface area (Å²) < 4.78 is 49.8. The zero-order valence-corrected chi connectivity index (χ0v) is 8.93. The van der Waals surface area contributed by atoms with Crippen molar-refractivity contribution in [1.82, 2.24) is 0 Å². The normalized spacial score (nSPS) is 14.1. The Hall–Kier alpha value is -0.370. The Balaban J connectivity index is 3.19. The lowest BCUT2D eigenvalue weighted by molar-refractivity contribution is -0.149. The zero-order valence-electron chi connectivity index (χ0n) is 6.78. The lowest BCUT2D eigenvalue weighted by atomic mass is 10.1. The zero-order chi connectivity index (χ0) is 10.9. The number of rotatable bonds is 1. The molecule has 0 saturated heterocycles. The molecule has 14 heavy (non-hydrogen) atoms. The summed E-state index contributed by atoms with van der Waals surface area (Å²) in [5.74, 6) is -0.929. The van der Waals surface area contributed by atoms with Gasteiger partial charge in [-0.2, -0.15) is 13.2 Å². The fourth-order valence-electron chi connectivity index (χ4n) is 0.971. The number of halogens is 5. The average Bonchev–Trinajstić information content (AvgIpc) is 2.01. The van der Waals surface area contributed by atoms with Crippen molar-refractivity contribution in [1.29, 1.82) is 0 Å². The number of benzene rings is 1. The third-order valence-corrected chi connectivity index (χ3v) is 2.60. The molecule has 0 unspecified atom stereocenters. The SMILES string of the molecule is N[C@H](c1c(F)cccc1I)C(F)(F)F. The van der Waals surface area contributed by atoms with Crippen LogP contribution in [0.3, 0.4) is 0 Å². The molecule has 1 rings (SSSR count). The van der Waals surface area contributed by atoms with Gasteiger partial charge in [-0.1, -0.05) is 6.07 Å². The van der Waals surface area contributed by atoms with Crippen LogP contribution in [-0.4, -0.2) is 6.18 Å². The Bertz CT molecular complexity index is 316. The summed E-state index contributed by atoms with van der Waals surface area (Å²) >= 11 is 1.62. The molecule has 1 aromatic rings. The van der Waals surface area contributed by atoms with Crippen LogP contribution in [0.2, 0.25) is 0 Å². The topological polar surface area (TPSA) is 26.0 Å². The van der Waals surface area contributed by atoms with Gasteiger partial charge in [-0.25, -0.2) is 4.39 Å². The second-order valence-corrected chi connectivity index (χ2v) is 3.82. The van der Waals surface area contributed by atoms with Gasteiger partial charge in [-0.15, -0.1) is 0 Å². The summed E-state index contributed by atoms with van der Waals surface area (Å²) in [6.07, 6.45) is -4.62. The molecule has 0 aromatic heterocycles. The summed E-state index contributed by atoms with van der Waals surface area (Å²) in [7, 11) is 0. The van der Waals surface area contributed by atoms with Crippen LogP contribution in [0.5, 0.6) is 0 Å². The van der Waals surface area contributed by atoms with Crippen LogP contribution in [0.4, 0.5) is 17.6 Å². The van der Waals surface area contributed by atoms with E-state index in [1.54, 1.807) is 22.6 Å². The van der Waals surface area contributed by atoms with Crippen molar-refractivity contribution in [2.75, 3.05) is 0 Å². The van der Waals surface area contributed by atoms with Crippen molar-refractivity contribution in [2.45, 2.75) is 12.2 Å². The Labute approximate surface area is 91.4 Å². The molecule has 0 aliphatic heterocycles. The molecule has 0 radical (unpaired) electrons. The summed E-state index contributed by atoms with van der Waals surface area (Å²) in [4.78, 5) is 0. The van der Waals surface area contributed by atoms with Crippen molar-refractivity contribution in [3.05, 3.63) is 33.1 Å². The molecule has 0 saturated carbocycles. The van der Waals surface area contributed by atoms with Gasteiger partial charge in [0.05, 0.1) is 0 Å². The van der Waals surface area contributed by atoms with Crippen LogP contribution in [0.25, 0.3) is 0 Å². The second kappa shape index (κ2) is 4.01. The van der Waals surface area contributed by atoms with E-state index in [0.29, 0.717) is 0 Å². The number of hydrogen-bond acceptors (Lipinski definition) is 1. The third kappa shape index (κ3) is 2.35. The highest BCUT2D eigenvalue weighted by Gasteiger charge is 2.40. The molecular formula is C8H6F4IN. The van der Waals surface area contributed by atoms with E-state index in [1.807, 2.05) is 0 Å². The smallest absolute Gasteiger partial charge is 0.316 e. The van der Waals surface area contributed by atoms with Crippen LogP contribution >= 0.6 is 22.6 Å². The molecule has 0 bridgehead atoms. The first-order valence-electron chi connectivity index (χ1n) is 3.60. The monoisotopic (exact) mass is 319 g/mol. The lowest BCUT2D eigenvalue weighted by Gasteiger charge is -2.17. The summed E-state index contributed by atoms with van der Waals surface area (Å²) in [5.41, 5.74) is 4.40. The molecule has 2 N–H and O–H groups in total. The largest absolute Gasteiger partial charge is 0.407 e. The van der Waals surface area contributed by atoms with E-state index in [9.17, 15) is 17.6 Å². The van der Waals surface area contributed by atoms with E-state index >= 15 is 0 Å². The van der Waals surface area contributed by atoms with Gasteiger partial charge in [0, 0.05) is 9.13 Å². The minimum atomic E-state index is -4.62. The fraction of sp³-hybridized carbons (Fsp3) is 0.250. The number of hydrogen-bond donors (Lipinski definition) is 1. The molecule has 0 heterocycles. The molecule has 0 aliphatic carbocycles. The Morgan fingerprint density at radius 2 is 1.86 bits per heavy atom. The summed E-state index contributed by atoms with van der Waals surface area (Å²) in [5, 5.41) is 0. The van der Waals surface area contributed by atoms with Crippen LogP contribution in [-0.2, 0) is 0 Å². The Morgan fingerprint density at radius 1 is 1.29 bits per heavy atom. The third-order valence-electron chi connectivity index (χ3n) is 1.66. The maximum Gasteiger partial charge on any atom is 0.407 e. The van der Waals surface area contributed by atoms with E-state index in [2.05, 4.69) is 0 Å². The highest BCUT2D eigenvalue weighted by Crippen LogP contribution is 2.34. The van der Waals surface area contributed by atoms with Crippen molar-refractivity contribution < 1.29 is 17.6 Å². The summed E-state index contributed by atoms with van der Waals surface area (Å²) in [6.45, 7) is 0. The van der Waals surface area contributed by atoms with E-state index in [4.69, 9.17) is 5.73 Å². The van der Waals surface area contributed by atoms with Gasteiger partial charge >= 0.3 is 6.18 Å². The average molecular weight is 319 g/mol. The van der Waals surface area contributed by atoms with Gasteiger partial charge in [0.25, 0.3) is 0 Å². The van der Waals surface area contributed by atoms with Crippen LogP contribution in [0.1, 0.15) is 11.6 Å². The van der Waals surface area contributed by atoms with Crippen molar-refractivity contribution >= 4 is 22.6 Å². The minimum Gasteiger partial charge on any atom is -0.316 e. The maximum absolute atomic E-state index is 13.0. The standard InChI is InChI=1S/C8H6F4IN/c9-4-2-1-3-5(13)6(4)7(14)8(10,11)12/h1-3,7H,14H2/t7-/m1/s1. The van der Waals surface area contributed by atoms with Crippen LogP contribution < -0.4 is 5.73 Å². The van der Waals surface area contributed by atoms with E-state index in [-0.39, 0.29) is 3.57 Å². The molecule has 0 aliphatic rings. The molecule has 0 amide bonds. The highest BCUT2D eigenvalue weighted by atomic mass is 127. The van der Waals surface area contributed by atoms with Gasteiger partial charge in [-0.3, -0.25) is 0 Å². The van der Waals surface area contributed by atoms with Gasteiger partial charge < -0.3 is 5.73 Å². The fourth-order valence-corrected chi connectivity index (χ4v) is 1.77. The van der Waals surface area contributed by atoms with E-state index < -0.39 is 23.6 Å². The lowest BCUT2D eigenvalue weighted by Crippen LogP contribution is -2.30. The van der Waals surface area contributed by atoms with Crippen molar-refractivity contribution in [3.63, 3.8) is 0 Å². The quantitative estimate of drug-likeness (QED) is 0.625. The molecule has 1 nitrogen and oxygen atoms in total. The maximum atomic E-state index is 13.0. The van der Waals surface area contributed by atoms with Crippen molar-refractivity contribution in [2.24, 2.45) is 5.73 Å². The molecule has 0 fully saturated rings. The highest BCUT2D eigenvalue weighted by molar-refractivity contribution is 14.1. The molecule has 1 aromatic carbocycles. The van der Waals surface area contributed by atoms with Crippen LogP contribution in [0, 0.1) is 9.39 Å². The first-order chi connectivity index (χ1) is 6.34. The number of nitrogens with two attached hydrogens (primary N) is 1. The minimum absolute atomic E-state index is 0.174. The first-order valence-corrected chi connectivity index (χ1v) is 4.68. The Morgan fingerprint density at radius 3 is 2.29 bits per heavy atom. The molecule has 1 atom stereocenters. The summed E-state index contributed by atoms with van der Waals surface area (Å²) in [6, 6.07) is 1.41. The first kappa shape index (κ1) is 11.7. The molecule has 6 heteroatoms. The second-order valence-electron chi connectivity index (χ2n) is 2.65. The number of alkyl halides is 3. The molecule has 0 spiro atoms. The van der Waals surface area contributed by atoms with Crippen LogP contribution in [0.15, 0.2) is 18.2 Å². The van der Waals surface area contributed by atoms with E-state index in [1.165, 1.54) is 12.1 Å². The van der Waals surface area contributed by atoms with Gasteiger partial charge in [0.15, 0.2) is 0 Å². The van der Waals surface area contributed by atoms with Gasteiger partial charge in [0.2, 0.25) is 0 Å². The van der Waals surface area contributed by atoms with Gasteiger partial charge in [-0.05, 0) is 34.7 Å². The van der Waals surface area contributed by atoms with Crippen molar-refractivity contribution in [3.8, 4) is 0 Å². The van der Waals surface area contributed by atoms with Gasteiger partial charge in [0.1, 0.15) is 11.9 Å². The predicted molar refractivity (Wildman–Crippen MR) is 52.1 cm³/mol. The van der Waals surface area contributed by atoms with E-state index in [0.717, 1.165) is 6.07 Å². The molecular weight excluding hydrogens is 313 g/mol. The molecule has 78 valence electrons. The predicted octanol–water partition coefficient (Wildman–Crippen LogP) is 2.99. The Kier molecular flexibility index (Phi) is 3.36.